The average molecular weight is 367 g/mol. The normalized spacial score (nSPS) is 11.3. The summed E-state index contributed by atoms with van der Waals surface area (Å²) in [5.41, 5.74) is 0.0932. The summed E-state index contributed by atoms with van der Waals surface area (Å²) in [5.74, 6) is -0.576. The van der Waals surface area contributed by atoms with E-state index in [1.54, 1.807) is 0 Å². The molecule has 1 heterocycles. The number of aromatic nitrogens is 2. The van der Waals surface area contributed by atoms with Gasteiger partial charge in [0.2, 0.25) is 5.28 Å². The number of anilines is 1. The van der Waals surface area contributed by atoms with Crippen LogP contribution in [0.3, 0.4) is 0 Å². The van der Waals surface area contributed by atoms with Gasteiger partial charge in [-0.05, 0) is 45.7 Å². The van der Waals surface area contributed by atoms with Crippen LogP contribution in [0.5, 0.6) is 0 Å². The molecule has 0 fully saturated rings. The number of sulfonamides is 1. The monoisotopic (exact) mass is 365 g/mol. The zero-order valence-corrected chi connectivity index (χ0v) is 12.3. The van der Waals surface area contributed by atoms with Crippen LogP contribution in [0.25, 0.3) is 0 Å². The minimum Gasteiger partial charge on any atom is -0.279 e. The Morgan fingerprint density at radius 1 is 1.26 bits per heavy atom. The molecule has 0 amide bonds. The van der Waals surface area contributed by atoms with Crippen molar-refractivity contribution < 1.29 is 12.8 Å². The first-order valence-corrected chi connectivity index (χ1v) is 7.49. The molecule has 19 heavy (non-hydrogen) atoms. The van der Waals surface area contributed by atoms with E-state index in [9.17, 15) is 12.8 Å². The van der Waals surface area contributed by atoms with E-state index in [0.29, 0.717) is 0 Å². The Bertz CT molecular complexity index is 709. The van der Waals surface area contributed by atoms with Crippen molar-refractivity contribution in [1.82, 2.24) is 9.97 Å². The van der Waals surface area contributed by atoms with Crippen LogP contribution in [0, 0.1) is 5.82 Å². The molecule has 0 unspecified atom stereocenters. The van der Waals surface area contributed by atoms with Gasteiger partial charge in [-0.15, -0.1) is 0 Å². The van der Waals surface area contributed by atoms with E-state index >= 15 is 0 Å². The van der Waals surface area contributed by atoms with Gasteiger partial charge < -0.3 is 0 Å². The van der Waals surface area contributed by atoms with E-state index in [-0.39, 0.29) is 20.3 Å². The Hall–Kier alpha value is -1.25. The van der Waals surface area contributed by atoms with Crippen LogP contribution in [-0.4, -0.2) is 18.4 Å². The Morgan fingerprint density at radius 3 is 2.47 bits per heavy atom. The third-order valence-electron chi connectivity index (χ3n) is 2.08. The van der Waals surface area contributed by atoms with E-state index in [0.717, 1.165) is 18.5 Å². The summed E-state index contributed by atoms with van der Waals surface area (Å²) in [5, 5.41) is -0.0614. The van der Waals surface area contributed by atoms with Gasteiger partial charge in [0.05, 0.1) is 22.6 Å². The molecule has 0 spiro atoms. The second kappa shape index (κ2) is 5.40. The predicted molar refractivity (Wildman–Crippen MR) is 72.0 cm³/mol. The second-order valence-electron chi connectivity index (χ2n) is 3.42. The highest BCUT2D eigenvalue weighted by molar-refractivity contribution is 9.10. The van der Waals surface area contributed by atoms with Crippen molar-refractivity contribution in [2.24, 2.45) is 0 Å². The lowest BCUT2D eigenvalue weighted by Gasteiger charge is -2.07. The molecular weight excluding hydrogens is 361 g/mol. The SMILES string of the molecule is O=S(=O)(Nc1ccc(Br)c(F)c1)c1cnc(Cl)nc1. The van der Waals surface area contributed by atoms with E-state index in [4.69, 9.17) is 11.6 Å². The lowest BCUT2D eigenvalue weighted by molar-refractivity contribution is 0.600. The topological polar surface area (TPSA) is 72.0 Å². The van der Waals surface area contributed by atoms with Crippen molar-refractivity contribution in [3.05, 3.63) is 46.2 Å². The standard InChI is InChI=1S/C10H6BrClFN3O2S/c11-8-2-1-6(3-9(8)13)16-19(17,18)7-4-14-10(12)15-5-7/h1-5,16H. The molecule has 0 aliphatic heterocycles. The van der Waals surface area contributed by atoms with Gasteiger partial charge in [-0.25, -0.2) is 22.8 Å². The summed E-state index contributed by atoms with van der Waals surface area (Å²) in [7, 11) is -3.88. The third kappa shape index (κ3) is 3.40. The molecule has 0 aliphatic carbocycles. The molecule has 0 aliphatic rings. The molecule has 2 aromatic rings. The number of nitrogens with one attached hydrogen (secondary N) is 1. The molecule has 9 heteroatoms. The molecule has 0 atom stereocenters. The Labute approximate surface area is 122 Å². The number of rotatable bonds is 3. The summed E-state index contributed by atoms with van der Waals surface area (Å²) in [4.78, 5) is 6.98. The molecule has 0 saturated carbocycles. The van der Waals surface area contributed by atoms with Crippen molar-refractivity contribution in [3.8, 4) is 0 Å². The Morgan fingerprint density at radius 2 is 1.89 bits per heavy atom. The summed E-state index contributed by atoms with van der Waals surface area (Å²) < 4.78 is 39.6. The van der Waals surface area contributed by atoms with Crippen molar-refractivity contribution >= 4 is 43.2 Å². The van der Waals surface area contributed by atoms with Crippen molar-refractivity contribution in [1.29, 1.82) is 0 Å². The molecule has 1 aromatic carbocycles. The lowest BCUT2D eigenvalue weighted by Crippen LogP contribution is -2.13. The number of benzene rings is 1. The third-order valence-corrected chi connectivity index (χ3v) is 4.25. The zero-order valence-electron chi connectivity index (χ0n) is 9.14. The highest BCUT2D eigenvalue weighted by Gasteiger charge is 2.16. The highest BCUT2D eigenvalue weighted by Crippen LogP contribution is 2.21. The molecule has 0 radical (unpaired) electrons. The molecule has 5 nitrogen and oxygen atoms in total. The summed E-state index contributed by atoms with van der Waals surface area (Å²) in [6.45, 7) is 0. The van der Waals surface area contributed by atoms with Gasteiger partial charge in [0.15, 0.2) is 0 Å². The fourth-order valence-corrected chi connectivity index (χ4v) is 2.50. The first-order chi connectivity index (χ1) is 8.88. The van der Waals surface area contributed by atoms with Gasteiger partial charge in [-0.2, -0.15) is 0 Å². The number of hydrogen-bond donors (Lipinski definition) is 1. The fourth-order valence-electron chi connectivity index (χ4n) is 1.21. The summed E-state index contributed by atoms with van der Waals surface area (Å²) in [6, 6.07) is 3.87. The van der Waals surface area contributed by atoms with Crippen LogP contribution in [0.4, 0.5) is 10.1 Å². The highest BCUT2D eigenvalue weighted by atomic mass is 79.9. The minimum atomic E-state index is -3.88. The van der Waals surface area contributed by atoms with E-state index in [1.165, 1.54) is 12.1 Å². The maximum absolute atomic E-state index is 13.3. The molecule has 1 aromatic heterocycles. The van der Waals surface area contributed by atoms with Gasteiger partial charge in [0, 0.05) is 0 Å². The predicted octanol–water partition coefficient (Wildman–Crippen LogP) is 2.83. The maximum atomic E-state index is 13.3. The fraction of sp³-hybridized carbons (Fsp3) is 0. The maximum Gasteiger partial charge on any atom is 0.264 e. The first kappa shape index (κ1) is 14.2. The van der Waals surface area contributed by atoms with Gasteiger partial charge in [0.25, 0.3) is 10.0 Å². The number of hydrogen-bond acceptors (Lipinski definition) is 4. The van der Waals surface area contributed by atoms with Crippen LogP contribution in [-0.2, 0) is 10.0 Å². The number of nitrogens with zero attached hydrogens (tertiary/aromatic N) is 2. The largest absolute Gasteiger partial charge is 0.279 e. The zero-order chi connectivity index (χ0) is 14.0. The van der Waals surface area contributed by atoms with Gasteiger partial charge in [0.1, 0.15) is 10.7 Å². The smallest absolute Gasteiger partial charge is 0.264 e. The van der Waals surface area contributed by atoms with Gasteiger partial charge >= 0.3 is 0 Å². The van der Waals surface area contributed by atoms with E-state index in [1.807, 2.05) is 0 Å². The molecule has 100 valence electrons. The molecule has 0 bridgehead atoms. The van der Waals surface area contributed by atoms with E-state index in [2.05, 4.69) is 30.6 Å². The van der Waals surface area contributed by atoms with Gasteiger partial charge in [-0.1, -0.05) is 0 Å². The van der Waals surface area contributed by atoms with Crippen LogP contribution in [0.1, 0.15) is 0 Å². The lowest BCUT2D eigenvalue weighted by atomic mass is 10.3. The molecular formula is C10H6BrClFN3O2S. The number of halogens is 3. The Kier molecular flexibility index (Phi) is 4.02. The molecule has 0 saturated heterocycles. The molecule has 2 rings (SSSR count). The van der Waals surface area contributed by atoms with Gasteiger partial charge in [-0.3, -0.25) is 4.72 Å². The quantitative estimate of drug-likeness (QED) is 0.848. The summed E-state index contributed by atoms with van der Waals surface area (Å²) in [6.07, 6.45) is 2.12. The summed E-state index contributed by atoms with van der Waals surface area (Å²) >= 11 is 8.44. The first-order valence-electron chi connectivity index (χ1n) is 4.84. The van der Waals surface area contributed by atoms with E-state index < -0.39 is 15.8 Å². The molecule has 1 N–H and O–H groups in total. The van der Waals surface area contributed by atoms with Crippen molar-refractivity contribution in [2.75, 3.05) is 4.72 Å². The van der Waals surface area contributed by atoms with Crippen LogP contribution < -0.4 is 4.72 Å². The van der Waals surface area contributed by atoms with Crippen LogP contribution in [0.15, 0.2) is 40.0 Å². The van der Waals surface area contributed by atoms with Crippen LogP contribution in [0.2, 0.25) is 5.28 Å². The second-order valence-corrected chi connectivity index (χ2v) is 6.30. The average Bonchev–Trinajstić information content (AvgIpc) is 2.34. The van der Waals surface area contributed by atoms with Crippen molar-refractivity contribution in [2.45, 2.75) is 4.90 Å². The van der Waals surface area contributed by atoms with Crippen molar-refractivity contribution in [3.63, 3.8) is 0 Å². The minimum absolute atomic E-state index is 0.0614. The van der Waals surface area contributed by atoms with Crippen LogP contribution >= 0.6 is 27.5 Å². The Balaban J connectivity index is 2.30.